The van der Waals surface area contributed by atoms with E-state index in [-0.39, 0.29) is 11.8 Å². The molecule has 0 aliphatic carbocycles. The highest BCUT2D eigenvalue weighted by Crippen LogP contribution is 2.31. The van der Waals surface area contributed by atoms with Crippen molar-refractivity contribution in [3.8, 4) is 11.5 Å². The summed E-state index contributed by atoms with van der Waals surface area (Å²) in [5.41, 5.74) is 1.56. The number of ether oxygens (including phenoxy) is 2. The molecule has 0 saturated carbocycles. The summed E-state index contributed by atoms with van der Waals surface area (Å²) in [7, 11) is 1.54. The van der Waals surface area contributed by atoms with Crippen LogP contribution in [0.3, 0.4) is 0 Å². The predicted octanol–water partition coefficient (Wildman–Crippen LogP) is 4.19. The standard InChI is InChI=1S/C17H15Cl2NO3/c1-22-16-5-3-13(8-14(16)19)20-17(21)11-6-10-7-12(18)2-4-15(10)23-9-11/h2-5,7-8,11H,6,9H2,1H3,(H,20,21). The maximum atomic E-state index is 12.4. The zero-order valence-corrected chi connectivity index (χ0v) is 13.9. The van der Waals surface area contributed by atoms with E-state index < -0.39 is 0 Å². The Kier molecular flexibility index (Phi) is 4.64. The van der Waals surface area contributed by atoms with Gasteiger partial charge in [-0.15, -0.1) is 0 Å². The molecule has 0 aromatic heterocycles. The van der Waals surface area contributed by atoms with Crippen molar-refractivity contribution in [2.24, 2.45) is 5.92 Å². The lowest BCUT2D eigenvalue weighted by molar-refractivity contribution is -0.121. The Balaban J connectivity index is 1.71. The second-order valence-electron chi connectivity index (χ2n) is 5.30. The van der Waals surface area contributed by atoms with Crippen molar-refractivity contribution in [3.63, 3.8) is 0 Å². The molecule has 23 heavy (non-hydrogen) atoms. The van der Waals surface area contributed by atoms with E-state index in [0.717, 1.165) is 11.3 Å². The van der Waals surface area contributed by atoms with E-state index in [2.05, 4.69) is 5.32 Å². The molecule has 2 aromatic carbocycles. The highest BCUT2D eigenvalue weighted by atomic mass is 35.5. The maximum absolute atomic E-state index is 12.4. The van der Waals surface area contributed by atoms with Crippen LogP contribution in [0.1, 0.15) is 5.56 Å². The predicted molar refractivity (Wildman–Crippen MR) is 90.8 cm³/mol. The zero-order valence-electron chi connectivity index (χ0n) is 12.4. The van der Waals surface area contributed by atoms with Crippen LogP contribution in [0, 0.1) is 5.92 Å². The molecule has 3 rings (SSSR count). The van der Waals surface area contributed by atoms with Gasteiger partial charge in [-0.25, -0.2) is 0 Å². The fourth-order valence-corrected chi connectivity index (χ4v) is 2.97. The molecule has 0 fully saturated rings. The van der Waals surface area contributed by atoms with Crippen molar-refractivity contribution in [3.05, 3.63) is 52.0 Å². The third-order valence-electron chi connectivity index (χ3n) is 3.72. The van der Waals surface area contributed by atoms with Crippen molar-refractivity contribution < 1.29 is 14.3 Å². The second kappa shape index (κ2) is 6.69. The molecule has 4 nitrogen and oxygen atoms in total. The molecule has 1 heterocycles. The summed E-state index contributed by atoms with van der Waals surface area (Å²) in [6.07, 6.45) is 0.589. The topological polar surface area (TPSA) is 47.6 Å². The minimum atomic E-state index is -0.276. The lowest BCUT2D eigenvalue weighted by Crippen LogP contribution is -2.32. The van der Waals surface area contributed by atoms with E-state index >= 15 is 0 Å². The van der Waals surface area contributed by atoms with E-state index in [1.54, 1.807) is 31.4 Å². The average Bonchev–Trinajstić information content (AvgIpc) is 2.54. The smallest absolute Gasteiger partial charge is 0.231 e. The van der Waals surface area contributed by atoms with Crippen molar-refractivity contribution in [2.75, 3.05) is 19.0 Å². The van der Waals surface area contributed by atoms with Crippen LogP contribution in [0.4, 0.5) is 5.69 Å². The Morgan fingerprint density at radius 2 is 2.09 bits per heavy atom. The lowest BCUT2D eigenvalue weighted by atomic mass is 9.96. The van der Waals surface area contributed by atoms with Crippen LogP contribution in [0.15, 0.2) is 36.4 Å². The Morgan fingerprint density at radius 1 is 1.26 bits per heavy atom. The molecule has 6 heteroatoms. The Morgan fingerprint density at radius 3 is 2.83 bits per heavy atom. The van der Waals surface area contributed by atoms with Crippen molar-refractivity contribution >= 4 is 34.8 Å². The Labute approximate surface area is 144 Å². The number of carbonyl (C=O) groups excluding carboxylic acids is 1. The lowest BCUT2D eigenvalue weighted by Gasteiger charge is -2.24. The van der Waals surface area contributed by atoms with E-state index in [1.807, 2.05) is 12.1 Å². The summed E-state index contributed by atoms with van der Waals surface area (Å²) >= 11 is 12.1. The zero-order chi connectivity index (χ0) is 16.4. The minimum Gasteiger partial charge on any atom is -0.495 e. The summed E-state index contributed by atoms with van der Waals surface area (Å²) in [4.78, 5) is 12.4. The molecule has 0 bridgehead atoms. The first-order chi connectivity index (χ1) is 11.1. The quantitative estimate of drug-likeness (QED) is 0.901. The van der Waals surface area contributed by atoms with Crippen LogP contribution in [0.5, 0.6) is 11.5 Å². The fraction of sp³-hybridized carbons (Fsp3) is 0.235. The van der Waals surface area contributed by atoms with Crippen LogP contribution >= 0.6 is 23.2 Å². The molecule has 1 N–H and O–H groups in total. The third kappa shape index (κ3) is 3.54. The molecular formula is C17H15Cl2NO3. The Bertz CT molecular complexity index is 749. The molecular weight excluding hydrogens is 337 g/mol. The van der Waals surface area contributed by atoms with Gasteiger partial charge in [0.1, 0.15) is 18.1 Å². The summed E-state index contributed by atoms with van der Waals surface area (Å²) in [5, 5.41) is 3.94. The number of halogens is 2. The fourth-order valence-electron chi connectivity index (χ4n) is 2.52. The van der Waals surface area contributed by atoms with Crippen molar-refractivity contribution in [2.45, 2.75) is 6.42 Å². The number of carbonyl (C=O) groups is 1. The molecule has 1 unspecified atom stereocenters. The molecule has 120 valence electrons. The summed E-state index contributed by atoms with van der Waals surface area (Å²) in [6.45, 7) is 0.338. The van der Waals surface area contributed by atoms with Crippen molar-refractivity contribution in [1.29, 1.82) is 0 Å². The van der Waals surface area contributed by atoms with E-state index in [0.29, 0.717) is 34.5 Å². The van der Waals surface area contributed by atoms with E-state index in [9.17, 15) is 4.79 Å². The van der Waals surface area contributed by atoms with Gasteiger partial charge >= 0.3 is 0 Å². The first-order valence-corrected chi connectivity index (χ1v) is 7.88. The van der Waals surface area contributed by atoms with Gasteiger partial charge < -0.3 is 14.8 Å². The normalized spacial score (nSPS) is 16.2. The van der Waals surface area contributed by atoms with Crippen molar-refractivity contribution in [1.82, 2.24) is 0 Å². The monoisotopic (exact) mass is 351 g/mol. The highest BCUT2D eigenvalue weighted by Gasteiger charge is 2.26. The van der Waals surface area contributed by atoms with Gasteiger partial charge in [-0.1, -0.05) is 23.2 Å². The van der Waals surface area contributed by atoms with Crippen LogP contribution in [-0.2, 0) is 11.2 Å². The van der Waals surface area contributed by atoms with Crippen LogP contribution in [-0.4, -0.2) is 19.6 Å². The van der Waals surface area contributed by atoms with Gasteiger partial charge in [0.25, 0.3) is 0 Å². The van der Waals surface area contributed by atoms with Gasteiger partial charge in [0.15, 0.2) is 0 Å². The van der Waals surface area contributed by atoms with Gasteiger partial charge in [0, 0.05) is 10.7 Å². The highest BCUT2D eigenvalue weighted by molar-refractivity contribution is 6.32. The average molecular weight is 352 g/mol. The number of hydrogen-bond donors (Lipinski definition) is 1. The van der Waals surface area contributed by atoms with Gasteiger partial charge in [-0.3, -0.25) is 4.79 Å². The largest absolute Gasteiger partial charge is 0.495 e. The number of fused-ring (bicyclic) bond motifs is 1. The Hall–Kier alpha value is -1.91. The van der Waals surface area contributed by atoms with Gasteiger partial charge in [0.2, 0.25) is 5.91 Å². The number of hydrogen-bond acceptors (Lipinski definition) is 3. The molecule has 1 atom stereocenters. The molecule has 0 radical (unpaired) electrons. The first kappa shape index (κ1) is 16.0. The number of methoxy groups -OCH3 is 1. The van der Waals surface area contributed by atoms with Gasteiger partial charge in [-0.05, 0) is 48.4 Å². The third-order valence-corrected chi connectivity index (χ3v) is 4.25. The number of nitrogens with one attached hydrogen (secondary N) is 1. The number of anilines is 1. The molecule has 1 aliphatic rings. The molecule has 1 amide bonds. The first-order valence-electron chi connectivity index (χ1n) is 7.12. The number of benzene rings is 2. The van der Waals surface area contributed by atoms with Crippen LogP contribution in [0.2, 0.25) is 10.0 Å². The molecule has 2 aromatic rings. The van der Waals surface area contributed by atoms with E-state index in [1.165, 1.54) is 0 Å². The number of amides is 1. The van der Waals surface area contributed by atoms with Crippen LogP contribution in [0.25, 0.3) is 0 Å². The van der Waals surface area contributed by atoms with Crippen LogP contribution < -0.4 is 14.8 Å². The summed E-state index contributed by atoms with van der Waals surface area (Å²) in [5.74, 6) is 0.957. The maximum Gasteiger partial charge on any atom is 0.231 e. The van der Waals surface area contributed by atoms with Gasteiger partial charge in [-0.2, -0.15) is 0 Å². The number of rotatable bonds is 3. The second-order valence-corrected chi connectivity index (χ2v) is 6.15. The van der Waals surface area contributed by atoms with Gasteiger partial charge in [0.05, 0.1) is 18.1 Å². The molecule has 1 aliphatic heterocycles. The summed E-state index contributed by atoms with van der Waals surface area (Å²) in [6, 6.07) is 10.6. The van der Waals surface area contributed by atoms with E-state index in [4.69, 9.17) is 32.7 Å². The minimum absolute atomic E-state index is 0.114. The SMILES string of the molecule is COc1ccc(NC(=O)C2COc3ccc(Cl)cc3C2)cc1Cl. The molecule has 0 saturated heterocycles. The molecule has 0 spiro atoms. The summed E-state index contributed by atoms with van der Waals surface area (Å²) < 4.78 is 10.7.